The summed E-state index contributed by atoms with van der Waals surface area (Å²) in [6.45, 7) is 2.88. The predicted octanol–water partition coefficient (Wildman–Crippen LogP) is 0.638. The number of ether oxygens (including phenoxy) is 1. The minimum atomic E-state index is 0.197. The zero-order valence-electron chi connectivity index (χ0n) is 10.2. The summed E-state index contributed by atoms with van der Waals surface area (Å²) < 4.78 is 7.12. The third-order valence-electron chi connectivity index (χ3n) is 2.82. The summed E-state index contributed by atoms with van der Waals surface area (Å²) in [5.74, 6) is 1.11. The number of hydrogen-bond donors (Lipinski definition) is 0. The quantitative estimate of drug-likeness (QED) is 0.755. The van der Waals surface area contributed by atoms with Gasteiger partial charge in [-0.3, -0.25) is 0 Å². The number of halogens is 1. The lowest BCUT2D eigenvalue weighted by Crippen LogP contribution is -2.39. The van der Waals surface area contributed by atoms with Crippen LogP contribution in [0.4, 0.5) is 5.95 Å². The summed E-state index contributed by atoms with van der Waals surface area (Å²) in [5.41, 5.74) is 0. The Morgan fingerprint density at radius 2 is 1.79 bits per heavy atom. The van der Waals surface area contributed by atoms with Crippen molar-refractivity contribution in [1.29, 1.82) is 0 Å². The van der Waals surface area contributed by atoms with Crippen molar-refractivity contribution in [2.75, 3.05) is 31.2 Å². The number of nitrogens with zero attached hydrogens (tertiary/aromatic N) is 5. The molecule has 7 heteroatoms. The first-order chi connectivity index (χ1) is 9.33. The zero-order valence-corrected chi connectivity index (χ0v) is 11.0. The second-order valence-corrected chi connectivity index (χ2v) is 4.42. The van der Waals surface area contributed by atoms with E-state index in [1.54, 1.807) is 4.57 Å². The first kappa shape index (κ1) is 12.3. The van der Waals surface area contributed by atoms with Crippen molar-refractivity contribution < 1.29 is 9.30 Å². The van der Waals surface area contributed by atoms with Crippen LogP contribution in [-0.2, 0) is 4.74 Å². The van der Waals surface area contributed by atoms with Crippen LogP contribution in [0.5, 0.6) is 0 Å². The maximum absolute atomic E-state index is 5.99. The van der Waals surface area contributed by atoms with Gasteiger partial charge in [-0.05, 0) is 33.7 Å². The average Bonchev–Trinajstić information content (AvgIpc) is 2.48. The van der Waals surface area contributed by atoms with Crippen molar-refractivity contribution in [2.24, 2.45) is 0 Å². The predicted molar refractivity (Wildman–Crippen MR) is 69.4 cm³/mol. The fraction of sp³-hybridized carbons (Fsp3) is 0.333. The normalized spacial score (nSPS) is 15.5. The monoisotopic (exact) mass is 278 g/mol. The van der Waals surface area contributed by atoms with E-state index in [2.05, 4.69) is 15.0 Å². The van der Waals surface area contributed by atoms with Gasteiger partial charge in [0.15, 0.2) is 0 Å². The molecule has 0 unspecified atom stereocenters. The Hall–Kier alpha value is -1.79. The SMILES string of the molecule is Clc1nc(N2CCOCC2)nc(-[n+]2ccccc2)n1. The fourth-order valence-electron chi connectivity index (χ4n) is 1.88. The van der Waals surface area contributed by atoms with Crippen molar-refractivity contribution >= 4 is 17.5 Å². The molecule has 2 aromatic rings. The second-order valence-electron chi connectivity index (χ2n) is 4.09. The largest absolute Gasteiger partial charge is 0.444 e. The number of anilines is 1. The molecule has 0 aliphatic carbocycles. The summed E-state index contributed by atoms with van der Waals surface area (Å²) in [6, 6.07) is 5.75. The highest BCUT2D eigenvalue weighted by Crippen LogP contribution is 2.12. The van der Waals surface area contributed by atoms with Gasteiger partial charge in [0.25, 0.3) is 0 Å². The molecule has 0 N–H and O–H groups in total. The molecule has 3 heterocycles. The summed E-state index contributed by atoms with van der Waals surface area (Å²) >= 11 is 5.99. The number of morpholine rings is 1. The molecule has 0 saturated carbocycles. The molecule has 6 nitrogen and oxygen atoms in total. The van der Waals surface area contributed by atoms with Crippen molar-refractivity contribution in [3.63, 3.8) is 0 Å². The van der Waals surface area contributed by atoms with Crippen LogP contribution in [-0.4, -0.2) is 41.3 Å². The van der Waals surface area contributed by atoms with Crippen molar-refractivity contribution in [2.45, 2.75) is 0 Å². The maximum Gasteiger partial charge on any atom is 0.444 e. The Morgan fingerprint density at radius 3 is 2.53 bits per heavy atom. The molecule has 0 spiro atoms. The Balaban J connectivity index is 1.96. The first-order valence-electron chi connectivity index (χ1n) is 6.04. The standard InChI is InChI=1S/C12H13ClN5O/c13-10-14-11(17-4-2-1-3-5-17)16-12(15-10)18-6-8-19-9-7-18/h1-5H,6-9H2/q+1. The zero-order chi connectivity index (χ0) is 13.1. The van der Waals surface area contributed by atoms with Gasteiger partial charge < -0.3 is 9.64 Å². The van der Waals surface area contributed by atoms with Crippen LogP contribution in [0.2, 0.25) is 5.28 Å². The van der Waals surface area contributed by atoms with Crippen molar-refractivity contribution in [3.05, 3.63) is 35.9 Å². The van der Waals surface area contributed by atoms with Crippen LogP contribution < -0.4 is 9.47 Å². The van der Waals surface area contributed by atoms with Crippen LogP contribution in [0.1, 0.15) is 0 Å². The highest BCUT2D eigenvalue weighted by atomic mass is 35.5. The van der Waals surface area contributed by atoms with Crippen molar-refractivity contribution in [1.82, 2.24) is 15.0 Å². The highest BCUT2D eigenvalue weighted by Gasteiger charge is 2.22. The van der Waals surface area contributed by atoms with Crippen LogP contribution in [0.25, 0.3) is 5.95 Å². The van der Waals surface area contributed by atoms with Gasteiger partial charge in [-0.2, -0.15) is 4.98 Å². The van der Waals surface area contributed by atoms with Gasteiger partial charge in [0.2, 0.25) is 0 Å². The average molecular weight is 279 g/mol. The second kappa shape index (κ2) is 5.46. The fourth-order valence-corrected chi connectivity index (χ4v) is 2.03. The summed E-state index contributed by atoms with van der Waals surface area (Å²) in [5, 5.41) is 0.197. The highest BCUT2D eigenvalue weighted by molar-refractivity contribution is 6.28. The molecule has 1 fully saturated rings. The van der Waals surface area contributed by atoms with Gasteiger partial charge in [-0.25, -0.2) is 4.57 Å². The lowest BCUT2D eigenvalue weighted by atomic mass is 10.4. The molecule has 0 aromatic carbocycles. The molecule has 1 aliphatic rings. The van der Waals surface area contributed by atoms with Gasteiger partial charge in [0, 0.05) is 13.1 Å². The van der Waals surface area contributed by atoms with Gasteiger partial charge in [0.1, 0.15) is 0 Å². The van der Waals surface area contributed by atoms with Gasteiger partial charge in [-0.1, -0.05) is 6.07 Å². The number of aromatic nitrogens is 4. The third kappa shape index (κ3) is 2.80. The smallest absolute Gasteiger partial charge is 0.378 e. The number of rotatable bonds is 2. The van der Waals surface area contributed by atoms with E-state index in [1.807, 2.05) is 35.5 Å². The number of hydrogen-bond acceptors (Lipinski definition) is 5. The topological polar surface area (TPSA) is 55.0 Å². The van der Waals surface area contributed by atoms with E-state index in [-0.39, 0.29) is 5.28 Å². The van der Waals surface area contributed by atoms with Gasteiger partial charge >= 0.3 is 17.2 Å². The number of pyridine rings is 1. The van der Waals surface area contributed by atoms with Crippen LogP contribution in [0.3, 0.4) is 0 Å². The lowest BCUT2D eigenvalue weighted by Gasteiger charge is -2.24. The molecule has 0 amide bonds. The van der Waals surface area contributed by atoms with Crippen LogP contribution in [0, 0.1) is 0 Å². The van der Waals surface area contributed by atoms with E-state index in [0.717, 1.165) is 13.1 Å². The summed E-state index contributed by atoms with van der Waals surface area (Å²) in [7, 11) is 0. The Morgan fingerprint density at radius 1 is 1.05 bits per heavy atom. The summed E-state index contributed by atoms with van der Waals surface area (Å²) in [6.07, 6.45) is 3.74. The molecule has 98 valence electrons. The Kier molecular flexibility index (Phi) is 3.52. The Bertz CT molecular complexity index is 559. The minimum Gasteiger partial charge on any atom is -0.378 e. The first-order valence-corrected chi connectivity index (χ1v) is 6.42. The van der Waals surface area contributed by atoms with Gasteiger partial charge in [0.05, 0.1) is 25.6 Å². The van der Waals surface area contributed by atoms with Gasteiger partial charge in [-0.15, -0.1) is 0 Å². The Labute approximate surface area is 115 Å². The molecule has 0 bridgehead atoms. The molecule has 2 aromatic heterocycles. The maximum atomic E-state index is 5.99. The lowest BCUT2D eigenvalue weighted by molar-refractivity contribution is -0.603. The van der Waals surface area contributed by atoms with Crippen LogP contribution in [0.15, 0.2) is 30.6 Å². The van der Waals surface area contributed by atoms with E-state index >= 15 is 0 Å². The van der Waals surface area contributed by atoms with E-state index in [1.165, 1.54) is 0 Å². The molecule has 3 rings (SSSR count). The molecule has 0 radical (unpaired) electrons. The summed E-state index contributed by atoms with van der Waals surface area (Å²) in [4.78, 5) is 14.8. The molecular weight excluding hydrogens is 266 g/mol. The third-order valence-corrected chi connectivity index (χ3v) is 2.99. The van der Waals surface area contributed by atoms with E-state index < -0.39 is 0 Å². The van der Waals surface area contributed by atoms with E-state index in [9.17, 15) is 0 Å². The molecular formula is C12H13ClN5O+. The van der Waals surface area contributed by atoms with E-state index in [4.69, 9.17) is 16.3 Å². The molecule has 1 aliphatic heterocycles. The van der Waals surface area contributed by atoms with E-state index in [0.29, 0.717) is 25.1 Å². The molecule has 1 saturated heterocycles. The minimum absolute atomic E-state index is 0.197. The van der Waals surface area contributed by atoms with Crippen LogP contribution >= 0.6 is 11.6 Å². The molecule has 19 heavy (non-hydrogen) atoms. The molecule has 0 atom stereocenters. The van der Waals surface area contributed by atoms with Crippen molar-refractivity contribution in [3.8, 4) is 5.95 Å².